The van der Waals surface area contributed by atoms with Crippen LogP contribution in [0.2, 0.25) is 0 Å². The van der Waals surface area contributed by atoms with Crippen LogP contribution in [0.4, 0.5) is 0 Å². The molecule has 0 bridgehead atoms. The van der Waals surface area contributed by atoms with E-state index in [4.69, 9.17) is 4.74 Å². The molecule has 0 aliphatic carbocycles. The van der Waals surface area contributed by atoms with Gasteiger partial charge in [-0.05, 0) is 49.3 Å². The summed E-state index contributed by atoms with van der Waals surface area (Å²) in [6.45, 7) is 4.19. The second-order valence-electron chi connectivity index (χ2n) is 7.05. The van der Waals surface area contributed by atoms with Crippen LogP contribution in [0.1, 0.15) is 40.7 Å². The van der Waals surface area contributed by atoms with E-state index in [9.17, 15) is 4.79 Å². The van der Waals surface area contributed by atoms with Crippen LogP contribution < -0.4 is 15.0 Å². The number of methoxy groups -OCH3 is 1. The lowest BCUT2D eigenvalue weighted by atomic mass is 10.1. The van der Waals surface area contributed by atoms with Crippen molar-refractivity contribution in [2.24, 2.45) is 0 Å². The molecule has 0 spiro atoms. The molecule has 5 heteroatoms. The fraction of sp³-hybridized carbons (Fsp3) is 0.409. The zero-order valence-corrected chi connectivity index (χ0v) is 17.0. The van der Waals surface area contributed by atoms with Gasteiger partial charge >= 0.3 is 0 Å². The third-order valence-corrected chi connectivity index (χ3v) is 5.87. The van der Waals surface area contributed by atoms with Crippen LogP contribution in [0.25, 0.3) is 0 Å². The molecule has 2 aromatic rings. The molecule has 0 saturated carbocycles. The van der Waals surface area contributed by atoms with E-state index in [1.165, 1.54) is 37.9 Å². The Labute approximate surface area is 166 Å². The lowest BCUT2D eigenvalue weighted by molar-refractivity contribution is -0.918. The summed E-state index contributed by atoms with van der Waals surface area (Å²) in [5.41, 5.74) is 3.05. The second kappa shape index (κ2) is 9.81. The number of piperidine rings is 1. The van der Waals surface area contributed by atoms with Gasteiger partial charge in [-0.3, -0.25) is 4.79 Å². The summed E-state index contributed by atoms with van der Waals surface area (Å²) in [4.78, 5) is 15.3. The maximum Gasteiger partial charge on any atom is 0.255 e. The number of quaternary nitrogens is 1. The highest BCUT2D eigenvalue weighted by Gasteiger charge is 2.14. The molecule has 0 unspecified atom stereocenters. The van der Waals surface area contributed by atoms with Crippen molar-refractivity contribution in [2.75, 3.05) is 26.5 Å². The molecule has 27 heavy (non-hydrogen) atoms. The minimum Gasteiger partial charge on any atom is -0.496 e. The third kappa shape index (κ3) is 5.50. The lowest BCUT2D eigenvalue weighted by Crippen LogP contribution is -3.11. The SMILES string of the molecule is COc1cc(SC)ccc1C(=O)NCc1ccc(C[NH+]2CCCCC2)cc1. The standard InChI is InChI=1S/C22H28N2O2S/c1-26-21-14-19(27-2)10-11-20(21)22(25)23-15-17-6-8-18(9-7-17)16-24-12-4-3-5-13-24/h6-11,14H,3-5,12-13,15-16H2,1-2H3,(H,23,25)/p+1. The number of hydrogen-bond donors (Lipinski definition) is 2. The molecule has 0 radical (unpaired) electrons. The van der Waals surface area contributed by atoms with E-state index in [0.29, 0.717) is 17.9 Å². The van der Waals surface area contributed by atoms with E-state index < -0.39 is 0 Å². The molecule has 1 aliphatic rings. The molecular weight excluding hydrogens is 356 g/mol. The fourth-order valence-corrected chi connectivity index (χ4v) is 3.98. The van der Waals surface area contributed by atoms with Crippen LogP contribution in [0.15, 0.2) is 47.4 Å². The summed E-state index contributed by atoms with van der Waals surface area (Å²) in [5, 5.41) is 3.00. The smallest absolute Gasteiger partial charge is 0.255 e. The van der Waals surface area contributed by atoms with E-state index in [1.807, 2.05) is 24.5 Å². The van der Waals surface area contributed by atoms with Crippen molar-refractivity contribution in [1.82, 2.24) is 5.32 Å². The largest absolute Gasteiger partial charge is 0.496 e. The van der Waals surface area contributed by atoms with E-state index >= 15 is 0 Å². The zero-order chi connectivity index (χ0) is 19.1. The molecule has 4 nitrogen and oxygen atoms in total. The monoisotopic (exact) mass is 385 g/mol. The van der Waals surface area contributed by atoms with Crippen molar-refractivity contribution >= 4 is 17.7 Å². The van der Waals surface area contributed by atoms with Crippen LogP contribution in [0.3, 0.4) is 0 Å². The van der Waals surface area contributed by atoms with E-state index in [2.05, 4.69) is 29.6 Å². The average molecular weight is 386 g/mol. The van der Waals surface area contributed by atoms with Gasteiger partial charge in [-0.2, -0.15) is 0 Å². The highest BCUT2D eigenvalue weighted by molar-refractivity contribution is 7.98. The minimum absolute atomic E-state index is 0.110. The molecule has 1 heterocycles. The molecule has 0 aromatic heterocycles. The highest BCUT2D eigenvalue weighted by Crippen LogP contribution is 2.25. The number of nitrogens with one attached hydrogen (secondary N) is 2. The normalized spacial score (nSPS) is 14.7. The lowest BCUT2D eigenvalue weighted by Gasteiger charge is -2.23. The first-order valence-corrected chi connectivity index (χ1v) is 10.8. The van der Waals surface area contributed by atoms with Gasteiger partial charge in [0.25, 0.3) is 5.91 Å². The zero-order valence-electron chi connectivity index (χ0n) is 16.2. The molecule has 1 fully saturated rings. The number of carbonyl (C=O) groups excluding carboxylic acids is 1. The summed E-state index contributed by atoms with van der Waals surface area (Å²) < 4.78 is 5.37. The third-order valence-electron chi connectivity index (χ3n) is 5.14. The van der Waals surface area contributed by atoms with Crippen molar-refractivity contribution in [3.8, 4) is 5.75 Å². The number of amides is 1. The van der Waals surface area contributed by atoms with Gasteiger partial charge in [0.15, 0.2) is 0 Å². The summed E-state index contributed by atoms with van der Waals surface area (Å²) in [6.07, 6.45) is 6.08. The van der Waals surface area contributed by atoms with Crippen molar-refractivity contribution < 1.29 is 14.4 Å². The van der Waals surface area contributed by atoms with Crippen molar-refractivity contribution in [1.29, 1.82) is 0 Å². The molecule has 0 atom stereocenters. The first-order chi connectivity index (χ1) is 13.2. The molecule has 144 valence electrons. The predicted molar refractivity (Wildman–Crippen MR) is 111 cm³/mol. The molecular formula is C22H29N2O2S+. The number of rotatable bonds is 7. The Morgan fingerprint density at radius 1 is 1.07 bits per heavy atom. The highest BCUT2D eigenvalue weighted by atomic mass is 32.2. The number of benzene rings is 2. The molecule has 1 aliphatic heterocycles. The molecule has 3 rings (SSSR count). The van der Waals surface area contributed by atoms with Crippen LogP contribution in [0.5, 0.6) is 5.75 Å². The Balaban J connectivity index is 1.55. The van der Waals surface area contributed by atoms with Crippen LogP contribution in [0, 0.1) is 0 Å². The van der Waals surface area contributed by atoms with Crippen LogP contribution in [-0.4, -0.2) is 32.4 Å². The van der Waals surface area contributed by atoms with Gasteiger partial charge in [-0.1, -0.05) is 24.3 Å². The Bertz CT molecular complexity index is 755. The second-order valence-corrected chi connectivity index (χ2v) is 7.93. The van der Waals surface area contributed by atoms with Gasteiger partial charge in [0.1, 0.15) is 12.3 Å². The molecule has 1 saturated heterocycles. The van der Waals surface area contributed by atoms with Crippen molar-refractivity contribution in [2.45, 2.75) is 37.2 Å². The van der Waals surface area contributed by atoms with Gasteiger partial charge < -0.3 is 15.0 Å². The Hall–Kier alpha value is -1.98. The summed E-state index contributed by atoms with van der Waals surface area (Å²) >= 11 is 1.63. The van der Waals surface area contributed by atoms with Crippen molar-refractivity contribution in [3.63, 3.8) is 0 Å². The Morgan fingerprint density at radius 2 is 1.78 bits per heavy atom. The van der Waals surface area contributed by atoms with Crippen LogP contribution in [-0.2, 0) is 13.1 Å². The van der Waals surface area contributed by atoms with Gasteiger partial charge in [-0.15, -0.1) is 11.8 Å². The van der Waals surface area contributed by atoms with Crippen LogP contribution >= 0.6 is 11.8 Å². The number of thioether (sulfide) groups is 1. The van der Waals surface area contributed by atoms with Gasteiger partial charge in [-0.25, -0.2) is 0 Å². The van der Waals surface area contributed by atoms with Gasteiger partial charge in [0, 0.05) is 17.0 Å². The number of carbonyl (C=O) groups is 1. The maximum absolute atomic E-state index is 12.5. The van der Waals surface area contributed by atoms with E-state index in [-0.39, 0.29) is 5.91 Å². The van der Waals surface area contributed by atoms with Crippen molar-refractivity contribution in [3.05, 3.63) is 59.2 Å². The number of ether oxygens (including phenoxy) is 1. The number of hydrogen-bond acceptors (Lipinski definition) is 3. The summed E-state index contributed by atoms with van der Waals surface area (Å²) in [5.74, 6) is 0.501. The quantitative estimate of drug-likeness (QED) is 0.720. The predicted octanol–water partition coefficient (Wildman–Crippen LogP) is 2.92. The molecule has 1 amide bonds. The van der Waals surface area contributed by atoms with E-state index in [0.717, 1.165) is 17.0 Å². The summed E-state index contributed by atoms with van der Waals surface area (Å²) in [7, 11) is 1.60. The van der Waals surface area contributed by atoms with Gasteiger partial charge in [0.05, 0.1) is 25.8 Å². The summed E-state index contributed by atoms with van der Waals surface area (Å²) in [6, 6.07) is 14.3. The average Bonchev–Trinajstić information content (AvgIpc) is 2.73. The molecule has 2 N–H and O–H groups in total. The van der Waals surface area contributed by atoms with E-state index in [1.54, 1.807) is 23.8 Å². The fourth-order valence-electron chi connectivity index (χ4n) is 3.56. The first-order valence-electron chi connectivity index (χ1n) is 9.61. The van der Waals surface area contributed by atoms with Gasteiger partial charge in [0.2, 0.25) is 0 Å². The minimum atomic E-state index is -0.110. The molecule has 2 aromatic carbocycles. The Kier molecular flexibility index (Phi) is 7.18. The number of likely N-dealkylation sites (tertiary alicyclic amines) is 1. The first kappa shape index (κ1) is 19.8. The maximum atomic E-state index is 12.5. The topological polar surface area (TPSA) is 42.8 Å². The Morgan fingerprint density at radius 3 is 2.44 bits per heavy atom.